The number of carboxylic acid groups (broad SMARTS) is 1. The Labute approximate surface area is 139 Å². The monoisotopic (exact) mass is 320 g/mol. The summed E-state index contributed by atoms with van der Waals surface area (Å²) in [5.41, 5.74) is 2.93. The molecule has 0 radical (unpaired) electrons. The van der Waals surface area contributed by atoms with Crippen LogP contribution in [0.15, 0.2) is 67.2 Å². The third kappa shape index (κ3) is 3.20. The number of aromatic nitrogens is 2. The summed E-state index contributed by atoms with van der Waals surface area (Å²) >= 11 is 0. The third-order valence-corrected chi connectivity index (χ3v) is 3.59. The molecule has 5 heteroatoms. The van der Waals surface area contributed by atoms with E-state index in [1.165, 1.54) is 6.08 Å². The van der Waals surface area contributed by atoms with Gasteiger partial charge < -0.3 is 14.4 Å². The fourth-order valence-electron chi connectivity index (χ4n) is 2.50. The molecule has 0 bridgehead atoms. The summed E-state index contributed by atoms with van der Waals surface area (Å²) in [6.07, 6.45) is 11.7. The first kappa shape index (κ1) is 15.6. The molecule has 0 aliphatic carbocycles. The first-order valence-corrected chi connectivity index (χ1v) is 7.36. The van der Waals surface area contributed by atoms with Crippen molar-refractivity contribution >= 4 is 22.9 Å². The molecule has 0 unspecified atom stereocenters. The van der Waals surface area contributed by atoms with Crippen molar-refractivity contribution < 1.29 is 14.6 Å². The average molecular weight is 320 g/mol. The van der Waals surface area contributed by atoms with E-state index in [0.29, 0.717) is 0 Å². The number of hydrogen-bond acceptors (Lipinski definition) is 3. The zero-order valence-corrected chi connectivity index (χ0v) is 13.1. The lowest BCUT2D eigenvalue weighted by molar-refractivity contribution is -0.131. The SMILES string of the molecule is COc1ccc2c(c1)c(C=CC=CC(=O)O)cn2-c1cccnc1. The molecule has 24 heavy (non-hydrogen) atoms. The van der Waals surface area contributed by atoms with Crippen molar-refractivity contribution in [1.29, 1.82) is 0 Å². The second-order valence-electron chi connectivity index (χ2n) is 5.11. The fraction of sp³-hybridized carbons (Fsp3) is 0.0526. The molecule has 2 aromatic heterocycles. The van der Waals surface area contributed by atoms with Crippen LogP contribution in [0.25, 0.3) is 22.7 Å². The first-order chi connectivity index (χ1) is 11.7. The third-order valence-electron chi connectivity index (χ3n) is 3.59. The lowest BCUT2D eigenvalue weighted by atomic mass is 10.1. The number of methoxy groups -OCH3 is 1. The predicted molar refractivity (Wildman–Crippen MR) is 93.4 cm³/mol. The molecule has 0 atom stereocenters. The summed E-state index contributed by atoms with van der Waals surface area (Å²) in [7, 11) is 1.63. The van der Waals surface area contributed by atoms with Gasteiger partial charge in [-0.15, -0.1) is 0 Å². The maximum atomic E-state index is 10.5. The molecule has 0 saturated carbocycles. The maximum absolute atomic E-state index is 10.5. The molecule has 0 aliphatic heterocycles. The van der Waals surface area contributed by atoms with Crippen LogP contribution in [0.5, 0.6) is 5.75 Å². The van der Waals surface area contributed by atoms with Crippen molar-refractivity contribution in [3.8, 4) is 11.4 Å². The van der Waals surface area contributed by atoms with Crippen LogP contribution >= 0.6 is 0 Å². The van der Waals surface area contributed by atoms with Crippen molar-refractivity contribution in [3.05, 3.63) is 72.7 Å². The number of pyridine rings is 1. The summed E-state index contributed by atoms with van der Waals surface area (Å²) in [5, 5.41) is 9.67. The normalized spacial score (nSPS) is 11.5. The molecule has 0 amide bonds. The Morgan fingerprint density at radius 1 is 1.29 bits per heavy atom. The van der Waals surface area contributed by atoms with Crippen LogP contribution in [-0.4, -0.2) is 27.7 Å². The Bertz CT molecular complexity index is 924. The van der Waals surface area contributed by atoms with Crippen molar-refractivity contribution in [1.82, 2.24) is 9.55 Å². The topological polar surface area (TPSA) is 64.3 Å². The molecule has 120 valence electrons. The predicted octanol–water partition coefficient (Wildman–Crippen LogP) is 3.69. The molecule has 0 fully saturated rings. The van der Waals surface area contributed by atoms with Gasteiger partial charge in [-0.3, -0.25) is 4.98 Å². The minimum atomic E-state index is -0.973. The van der Waals surface area contributed by atoms with Crippen LogP contribution in [0.1, 0.15) is 5.56 Å². The van der Waals surface area contributed by atoms with Crippen LogP contribution in [-0.2, 0) is 4.79 Å². The largest absolute Gasteiger partial charge is 0.497 e. The molecule has 1 aromatic carbocycles. The van der Waals surface area contributed by atoms with Gasteiger partial charge in [-0.05, 0) is 30.3 Å². The number of rotatable bonds is 5. The highest BCUT2D eigenvalue weighted by atomic mass is 16.5. The Balaban J connectivity index is 2.12. The van der Waals surface area contributed by atoms with E-state index < -0.39 is 5.97 Å². The van der Waals surface area contributed by atoms with Gasteiger partial charge in [-0.2, -0.15) is 0 Å². The van der Waals surface area contributed by atoms with Gasteiger partial charge in [0.05, 0.1) is 24.5 Å². The molecule has 1 N–H and O–H groups in total. The van der Waals surface area contributed by atoms with Crippen LogP contribution in [0.4, 0.5) is 0 Å². The minimum absolute atomic E-state index is 0.766. The van der Waals surface area contributed by atoms with Gasteiger partial charge in [-0.25, -0.2) is 4.79 Å². The summed E-state index contributed by atoms with van der Waals surface area (Å²) in [6, 6.07) is 9.73. The summed E-state index contributed by atoms with van der Waals surface area (Å²) in [4.78, 5) is 14.7. The van der Waals surface area contributed by atoms with Crippen molar-refractivity contribution in [2.75, 3.05) is 7.11 Å². The quantitative estimate of drug-likeness (QED) is 0.575. The van der Waals surface area contributed by atoms with Crippen molar-refractivity contribution in [2.45, 2.75) is 0 Å². The highest BCUT2D eigenvalue weighted by molar-refractivity contribution is 5.92. The zero-order chi connectivity index (χ0) is 16.9. The van der Waals surface area contributed by atoms with Gasteiger partial charge in [0.1, 0.15) is 5.75 Å². The van der Waals surface area contributed by atoms with E-state index in [1.807, 2.05) is 47.2 Å². The number of allylic oxidation sites excluding steroid dienone is 2. The summed E-state index contributed by atoms with van der Waals surface area (Å²) in [6.45, 7) is 0. The van der Waals surface area contributed by atoms with Gasteiger partial charge in [0.25, 0.3) is 0 Å². The molecule has 3 aromatic rings. The summed E-state index contributed by atoms with van der Waals surface area (Å²) < 4.78 is 7.36. The van der Waals surface area contributed by atoms with Crippen LogP contribution in [0.2, 0.25) is 0 Å². The van der Waals surface area contributed by atoms with E-state index in [1.54, 1.807) is 25.6 Å². The zero-order valence-electron chi connectivity index (χ0n) is 13.1. The number of carboxylic acids is 1. The number of carbonyl (C=O) groups is 1. The lowest BCUT2D eigenvalue weighted by Crippen LogP contribution is -1.92. The molecular formula is C19H16N2O3. The first-order valence-electron chi connectivity index (χ1n) is 7.36. The molecule has 0 aliphatic rings. The van der Waals surface area contributed by atoms with Gasteiger partial charge in [0, 0.05) is 29.4 Å². The van der Waals surface area contributed by atoms with Gasteiger partial charge in [-0.1, -0.05) is 18.2 Å². The number of aliphatic carboxylic acids is 1. The molecule has 2 heterocycles. The van der Waals surface area contributed by atoms with Gasteiger partial charge in [0.2, 0.25) is 0 Å². The fourth-order valence-corrected chi connectivity index (χ4v) is 2.50. The number of nitrogens with zero attached hydrogens (tertiary/aromatic N) is 2. The molecular weight excluding hydrogens is 304 g/mol. The van der Waals surface area contributed by atoms with Crippen LogP contribution in [0, 0.1) is 0 Å². The molecule has 3 rings (SSSR count). The van der Waals surface area contributed by atoms with Gasteiger partial charge >= 0.3 is 5.97 Å². The van der Waals surface area contributed by atoms with E-state index in [9.17, 15) is 4.79 Å². The second kappa shape index (κ2) is 6.83. The van der Waals surface area contributed by atoms with E-state index in [-0.39, 0.29) is 0 Å². The second-order valence-corrected chi connectivity index (χ2v) is 5.11. The van der Waals surface area contributed by atoms with E-state index >= 15 is 0 Å². The standard InChI is InChI=1S/C19H16N2O3/c1-24-16-8-9-18-17(11-16)14(5-2-3-7-19(22)23)13-21(18)15-6-4-10-20-12-15/h2-13H,1H3,(H,22,23). The van der Waals surface area contributed by atoms with Gasteiger partial charge in [0.15, 0.2) is 0 Å². The van der Waals surface area contributed by atoms with Crippen LogP contribution in [0.3, 0.4) is 0 Å². The number of fused-ring (bicyclic) bond motifs is 1. The highest BCUT2D eigenvalue weighted by Gasteiger charge is 2.09. The number of ether oxygens (including phenoxy) is 1. The Hall–Kier alpha value is -3.34. The van der Waals surface area contributed by atoms with Crippen molar-refractivity contribution in [2.24, 2.45) is 0 Å². The molecule has 0 spiro atoms. The average Bonchev–Trinajstić information content (AvgIpc) is 2.97. The number of hydrogen-bond donors (Lipinski definition) is 1. The number of benzene rings is 1. The highest BCUT2D eigenvalue weighted by Crippen LogP contribution is 2.29. The van der Waals surface area contributed by atoms with E-state index in [4.69, 9.17) is 9.84 Å². The Morgan fingerprint density at radius 2 is 2.17 bits per heavy atom. The molecule has 0 saturated heterocycles. The molecule has 5 nitrogen and oxygen atoms in total. The Kier molecular flexibility index (Phi) is 4.43. The van der Waals surface area contributed by atoms with E-state index in [2.05, 4.69) is 4.98 Å². The van der Waals surface area contributed by atoms with Crippen molar-refractivity contribution in [3.63, 3.8) is 0 Å². The lowest BCUT2D eigenvalue weighted by Gasteiger charge is -2.05. The Morgan fingerprint density at radius 3 is 2.88 bits per heavy atom. The maximum Gasteiger partial charge on any atom is 0.328 e. The summed E-state index contributed by atoms with van der Waals surface area (Å²) in [5.74, 6) is -0.207. The van der Waals surface area contributed by atoms with Crippen LogP contribution < -0.4 is 4.74 Å². The van der Waals surface area contributed by atoms with E-state index in [0.717, 1.165) is 34.0 Å². The smallest absolute Gasteiger partial charge is 0.328 e. The minimum Gasteiger partial charge on any atom is -0.497 e.